The SMILES string of the molecule is O=C(CCCC(=O)OCC(Cl)Cl)OCC(Cl)Cl. The summed E-state index contributed by atoms with van der Waals surface area (Å²) in [5.41, 5.74) is 0. The molecule has 0 N–H and O–H groups in total. The average molecular weight is 326 g/mol. The van der Waals surface area contributed by atoms with E-state index in [2.05, 4.69) is 9.47 Å². The van der Waals surface area contributed by atoms with Gasteiger partial charge in [-0.2, -0.15) is 0 Å². The maximum atomic E-state index is 11.1. The van der Waals surface area contributed by atoms with Crippen LogP contribution in [0, 0.1) is 0 Å². The van der Waals surface area contributed by atoms with Crippen LogP contribution in [0.1, 0.15) is 19.3 Å². The Kier molecular flexibility index (Phi) is 10.1. The minimum atomic E-state index is -0.742. The van der Waals surface area contributed by atoms with Crippen molar-refractivity contribution in [3.05, 3.63) is 0 Å². The van der Waals surface area contributed by atoms with Crippen molar-refractivity contribution in [1.82, 2.24) is 0 Å². The lowest BCUT2D eigenvalue weighted by Gasteiger charge is -2.06. The zero-order valence-electron chi connectivity index (χ0n) is 8.84. The van der Waals surface area contributed by atoms with Crippen molar-refractivity contribution < 1.29 is 19.1 Å². The van der Waals surface area contributed by atoms with Crippen LogP contribution in [-0.4, -0.2) is 34.8 Å². The smallest absolute Gasteiger partial charge is 0.305 e. The Hall–Kier alpha value is 0.1000. The molecule has 0 radical (unpaired) electrons. The van der Waals surface area contributed by atoms with E-state index in [9.17, 15) is 9.59 Å². The Bertz CT molecular complexity index is 221. The first kappa shape index (κ1) is 17.1. The predicted molar refractivity (Wildman–Crippen MR) is 66.8 cm³/mol. The van der Waals surface area contributed by atoms with Crippen LogP contribution in [-0.2, 0) is 19.1 Å². The lowest BCUT2D eigenvalue weighted by Crippen LogP contribution is -2.12. The number of rotatable bonds is 8. The highest BCUT2D eigenvalue weighted by Crippen LogP contribution is 2.06. The van der Waals surface area contributed by atoms with Crippen molar-refractivity contribution in [2.45, 2.75) is 28.9 Å². The highest BCUT2D eigenvalue weighted by atomic mass is 35.5. The molecular formula is C9H12Cl4O4. The number of esters is 2. The van der Waals surface area contributed by atoms with E-state index < -0.39 is 21.6 Å². The maximum Gasteiger partial charge on any atom is 0.305 e. The lowest BCUT2D eigenvalue weighted by atomic mass is 10.2. The molecule has 0 aliphatic carbocycles. The van der Waals surface area contributed by atoms with Gasteiger partial charge in [0.05, 0.1) is 0 Å². The number of ether oxygens (including phenoxy) is 2. The van der Waals surface area contributed by atoms with Crippen LogP contribution in [0.3, 0.4) is 0 Å². The molecule has 0 aromatic heterocycles. The first-order valence-electron chi connectivity index (χ1n) is 4.79. The number of carbonyl (C=O) groups is 2. The minimum absolute atomic E-state index is 0.0629. The van der Waals surface area contributed by atoms with Gasteiger partial charge in [-0.25, -0.2) is 0 Å². The largest absolute Gasteiger partial charge is 0.463 e. The fourth-order valence-electron chi connectivity index (χ4n) is 0.833. The Morgan fingerprint density at radius 1 is 0.824 bits per heavy atom. The van der Waals surface area contributed by atoms with Crippen molar-refractivity contribution in [2.75, 3.05) is 13.2 Å². The molecule has 0 aromatic rings. The maximum absolute atomic E-state index is 11.1. The molecule has 0 aliphatic rings. The Morgan fingerprint density at radius 2 is 1.18 bits per heavy atom. The van der Waals surface area contributed by atoms with Crippen LogP contribution in [0.2, 0.25) is 0 Å². The second-order valence-corrected chi connectivity index (χ2v) is 5.56. The van der Waals surface area contributed by atoms with E-state index in [-0.39, 0.29) is 26.1 Å². The molecule has 0 aliphatic heterocycles. The van der Waals surface area contributed by atoms with Gasteiger partial charge in [-0.05, 0) is 6.42 Å². The summed E-state index contributed by atoms with van der Waals surface area (Å²) >= 11 is 21.5. The molecule has 0 aromatic carbocycles. The van der Waals surface area contributed by atoms with E-state index >= 15 is 0 Å². The molecule has 0 bridgehead atoms. The standard InChI is InChI=1S/C9H12Cl4O4/c10-6(11)4-16-8(14)2-1-3-9(15)17-5-7(12)13/h6-7H,1-5H2. The van der Waals surface area contributed by atoms with Gasteiger partial charge in [0.1, 0.15) is 22.9 Å². The monoisotopic (exact) mass is 324 g/mol. The highest BCUT2D eigenvalue weighted by Gasteiger charge is 2.10. The van der Waals surface area contributed by atoms with Gasteiger partial charge < -0.3 is 9.47 Å². The van der Waals surface area contributed by atoms with Crippen molar-refractivity contribution in [2.24, 2.45) is 0 Å². The molecule has 0 amide bonds. The molecule has 0 rings (SSSR count). The molecule has 0 heterocycles. The summed E-state index contributed by atoms with van der Waals surface area (Å²) in [4.78, 5) is 20.6. The molecule has 4 nitrogen and oxygen atoms in total. The third kappa shape index (κ3) is 12.3. The second-order valence-electron chi connectivity index (χ2n) is 3.00. The molecule has 0 unspecified atom stereocenters. The lowest BCUT2D eigenvalue weighted by molar-refractivity contribution is -0.145. The summed E-state index contributed by atoms with van der Waals surface area (Å²) in [6.07, 6.45) is 0.518. The topological polar surface area (TPSA) is 52.6 Å². The van der Waals surface area contributed by atoms with Crippen LogP contribution in [0.5, 0.6) is 0 Å². The second kappa shape index (κ2) is 10.1. The molecule has 0 saturated heterocycles. The minimum Gasteiger partial charge on any atom is -0.463 e. The molecule has 0 fully saturated rings. The van der Waals surface area contributed by atoms with E-state index in [1.54, 1.807) is 0 Å². The van der Waals surface area contributed by atoms with Crippen molar-refractivity contribution >= 4 is 58.3 Å². The van der Waals surface area contributed by atoms with E-state index in [0.29, 0.717) is 6.42 Å². The third-order valence-corrected chi connectivity index (χ3v) is 2.01. The average Bonchev–Trinajstić information content (AvgIpc) is 2.23. The molecular weight excluding hydrogens is 314 g/mol. The fourth-order valence-corrected chi connectivity index (χ4v) is 1.09. The van der Waals surface area contributed by atoms with Crippen LogP contribution >= 0.6 is 46.4 Å². The summed E-state index contributed by atoms with van der Waals surface area (Å²) in [5.74, 6) is -0.923. The van der Waals surface area contributed by atoms with Crippen LogP contribution < -0.4 is 0 Å². The van der Waals surface area contributed by atoms with Crippen LogP contribution in [0.4, 0.5) is 0 Å². The van der Waals surface area contributed by atoms with E-state index in [4.69, 9.17) is 46.4 Å². The Labute approximate surface area is 119 Å². The Balaban J connectivity index is 3.49. The normalized spacial score (nSPS) is 10.7. The number of hydrogen-bond donors (Lipinski definition) is 0. The zero-order valence-corrected chi connectivity index (χ0v) is 11.9. The van der Waals surface area contributed by atoms with Gasteiger partial charge in [0.15, 0.2) is 0 Å². The molecule has 0 atom stereocenters. The summed E-state index contributed by atoms with van der Waals surface area (Å²) in [6, 6.07) is 0. The summed E-state index contributed by atoms with van der Waals surface area (Å²) < 4.78 is 9.37. The number of halogens is 4. The van der Waals surface area contributed by atoms with Crippen LogP contribution in [0.25, 0.3) is 0 Å². The van der Waals surface area contributed by atoms with E-state index in [1.807, 2.05) is 0 Å². The van der Waals surface area contributed by atoms with Crippen LogP contribution in [0.15, 0.2) is 0 Å². The first-order chi connectivity index (χ1) is 7.91. The van der Waals surface area contributed by atoms with Gasteiger partial charge in [-0.1, -0.05) is 0 Å². The molecule has 0 spiro atoms. The molecule has 100 valence electrons. The van der Waals surface area contributed by atoms with Crippen molar-refractivity contribution in [3.63, 3.8) is 0 Å². The summed E-state index contributed by atoms with van der Waals surface area (Å²) in [5, 5.41) is 0. The summed E-state index contributed by atoms with van der Waals surface area (Å²) in [7, 11) is 0. The number of hydrogen-bond acceptors (Lipinski definition) is 4. The molecule has 17 heavy (non-hydrogen) atoms. The van der Waals surface area contributed by atoms with Crippen molar-refractivity contribution in [3.8, 4) is 0 Å². The van der Waals surface area contributed by atoms with E-state index in [1.165, 1.54) is 0 Å². The first-order valence-corrected chi connectivity index (χ1v) is 6.54. The summed E-state index contributed by atoms with van der Waals surface area (Å²) in [6.45, 7) is -0.126. The van der Waals surface area contributed by atoms with Gasteiger partial charge in [0.25, 0.3) is 0 Å². The van der Waals surface area contributed by atoms with Gasteiger partial charge in [-0.3, -0.25) is 9.59 Å². The zero-order chi connectivity index (χ0) is 13.3. The van der Waals surface area contributed by atoms with Gasteiger partial charge in [0.2, 0.25) is 0 Å². The Morgan fingerprint density at radius 3 is 1.47 bits per heavy atom. The van der Waals surface area contributed by atoms with Gasteiger partial charge >= 0.3 is 11.9 Å². The quantitative estimate of drug-likeness (QED) is 0.508. The predicted octanol–water partition coefficient (Wildman–Crippen LogP) is 2.85. The highest BCUT2D eigenvalue weighted by molar-refractivity contribution is 6.44. The van der Waals surface area contributed by atoms with Gasteiger partial charge in [0, 0.05) is 12.8 Å². The molecule has 8 heteroatoms. The number of carbonyl (C=O) groups excluding carboxylic acids is 2. The van der Waals surface area contributed by atoms with Gasteiger partial charge in [-0.15, -0.1) is 46.4 Å². The number of alkyl halides is 4. The van der Waals surface area contributed by atoms with Crippen molar-refractivity contribution in [1.29, 1.82) is 0 Å². The molecule has 0 saturated carbocycles. The third-order valence-electron chi connectivity index (χ3n) is 1.50. The fraction of sp³-hybridized carbons (Fsp3) is 0.778. The van der Waals surface area contributed by atoms with E-state index in [0.717, 1.165) is 0 Å².